The molecule has 0 aliphatic carbocycles. The van der Waals surface area contributed by atoms with Crippen molar-refractivity contribution in [3.63, 3.8) is 0 Å². The molecule has 0 radical (unpaired) electrons. The highest BCUT2D eigenvalue weighted by Crippen LogP contribution is 2.28. The van der Waals surface area contributed by atoms with Crippen molar-refractivity contribution in [2.45, 2.75) is 39.2 Å². The standard InChI is InChI=1S/C14H21ClN2O3/c1-9(8-19-16)11-7-10(15)5-6-12(11)17-13(18)20-14(2,3)4/h5-7,9H,8,16H2,1-4H3,(H,17,18). The van der Waals surface area contributed by atoms with Crippen LogP contribution in [0.4, 0.5) is 10.5 Å². The van der Waals surface area contributed by atoms with E-state index < -0.39 is 11.7 Å². The average molecular weight is 301 g/mol. The zero-order chi connectivity index (χ0) is 15.3. The smallest absolute Gasteiger partial charge is 0.412 e. The minimum Gasteiger partial charge on any atom is -0.444 e. The topological polar surface area (TPSA) is 73.6 Å². The third-order valence-electron chi connectivity index (χ3n) is 2.53. The summed E-state index contributed by atoms with van der Waals surface area (Å²) in [4.78, 5) is 16.5. The number of rotatable bonds is 4. The van der Waals surface area contributed by atoms with Crippen molar-refractivity contribution < 1.29 is 14.4 Å². The molecule has 0 saturated heterocycles. The molecule has 0 aliphatic heterocycles. The Balaban J connectivity index is 2.91. The number of halogens is 1. The monoisotopic (exact) mass is 300 g/mol. The van der Waals surface area contributed by atoms with Gasteiger partial charge in [0.2, 0.25) is 0 Å². The molecule has 3 N–H and O–H groups in total. The molecule has 20 heavy (non-hydrogen) atoms. The molecule has 0 spiro atoms. The Hall–Kier alpha value is -1.30. The van der Waals surface area contributed by atoms with Gasteiger partial charge in [0.05, 0.1) is 6.61 Å². The predicted octanol–water partition coefficient (Wildman–Crippen LogP) is 3.68. The fourth-order valence-corrected chi connectivity index (χ4v) is 1.88. The van der Waals surface area contributed by atoms with Gasteiger partial charge in [-0.2, -0.15) is 0 Å². The fourth-order valence-electron chi connectivity index (χ4n) is 1.70. The fraction of sp³-hybridized carbons (Fsp3) is 0.500. The number of hydrogen-bond donors (Lipinski definition) is 2. The van der Waals surface area contributed by atoms with E-state index in [1.165, 1.54) is 0 Å². The first-order valence-corrected chi connectivity index (χ1v) is 6.72. The van der Waals surface area contributed by atoms with E-state index in [4.69, 9.17) is 22.2 Å². The molecule has 1 rings (SSSR count). The van der Waals surface area contributed by atoms with Gasteiger partial charge in [0.1, 0.15) is 5.60 Å². The molecule has 0 heterocycles. The predicted molar refractivity (Wildman–Crippen MR) is 79.9 cm³/mol. The number of benzene rings is 1. The summed E-state index contributed by atoms with van der Waals surface area (Å²) in [5.74, 6) is 5.08. The quantitative estimate of drug-likeness (QED) is 0.832. The van der Waals surface area contributed by atoms with Crippen LogP contribution in [-0.2, 0) is 9.57 Å². The Morgan fingerprint density at radius 3 is 2.65 bits per heavy atom. The van der Waals surface area contributed by atoms with Gasteiger partial charge in [-0.05, 0) is 44.5 Å². The summed E-state index contributed by atoms with van der Waals surface area (Å²) in [5, 5.41) is 3.30. The van der Waals surface area contributed by atoms with Crippen LogP contribution in [0.15, 0.2) is 18.2 Å². The molecule has 6 heteroatoms. The van der Waals surface area contributed by atoms with E-state index in [-0.39, 0.29) is 5.92 Å². The van der Waals surface area contributed by atoms with Crippen molar-refractivity contribution in [3.8, 4) is 0 Å². The number of hydrogen-bond acceptors (Lipinski definition) is 4. The second-order valence-electron chi connectivity index (χ2n) is 5.59. The second kappa shape index (κ2) is 6.92. The van der Waals surface area contributed by atoms with Crippen LogP contribution in [0.2, 0.25) is 5.02 Å². The van der Waals surface area contributed by atoms with Crippen LogP contribution in [0.25, 0.3) is 0 Å². The number of anilines is 1. The molecule has 1 amide bonds. The largest absolute Gasteiger partial charge is 0.444 e. The van der Waals surface area contributed by atoms with Gasteiger partial charge in [-0.3, -0.25) is 5.32 Å². The van der Waals surface area contributed by atoms with Crippen LogP contribution in [0, 0.1) is 0 Å². The Bertz CT molecular complexity index is 472. The van der Waals surface area contributed by atoms with Gasteiger partial charge < -0.3 is 9.57 Å². The molecule has 0 aliphatic rings. The van der Waals surface area contributed by atoms with Crippen LogP contribution < -0.4 is 11.2 Å². The van der Waals surface area contributed by atoms with Crippen molar-refractivity contribution in [3.05, 3.63) is 28.8 Å². The first-order chi connectivity index (χ1) is 9.23. The van der Waals surface area contributed by atoms with Crippen molar-refractivity contribution in [1.29, 1.82) is 0 Å². The highest BCUT2D eigenvalue weighted by Gasteiger charge is 2.19. The summed E-state index contributed by atoms with van der Waals surface area (Å²) < 4.78 is 5.23. The molecule has 5 nitrogen and oxygen atoms in total. The molecule has 1 aromatic carbocycles. The van der Waals surface area contributed by atoms with E-state index in [2.05, 4.69) is 10.2 Å². The summed E-state index contributed by atoms with van der Waals surface area (Å²) in [6.07, 6.45) is -0.512. The maximum Gasteiger partial charge on any atom is 0.412 e. The number of carbonyl (C=O) groups excluding carboxylic acids is 1. The van der Waals surface area contributed by atoms with Crippen LogP contribution in [0.3, 0.4) is 0 Å². The highest BCUT2D eigenvalue weighted by atomic mass is 35.5. The summed E-state index contributed by atoms with van der Waals surface area (Å²) in [6, 6.07) is 5.21. The van der Waals surface area contributed by atoms with E-state index in [1.54, 1.807) is 39.0 Å². The second-order valence-corrected chi connectivity index (χ2v) is 6.03. The zero-order valence-electron chi connectivity index (χ0n) is 12.2. The van der Waals surface area contributed by atoms with Gasteiger partial charge in [-0.1, -0.05) is 18.5 Å². The molecule has 1 aromatic rings. The first kappa shape index (κ1) is 16.8. The normalized spacial score (nSPS) is 12.9. The van der Waals surface area contributed by atoms with E-state index in [0.717, 1.165) is 5.56 Å². The Kier molecular flexibility index (Phi) is 5.80. The van der Waals surface area contributed by atoms with Crippen molar-refractivity contribution >= 4 is 23.4 Å². The van der Waals surface area contributed by atoms with Gasteiger partial charge in [0.25, 0.3) is 0 Å². The SMILES string of the molecule is CC(CON)c1cc(Cl)ccc1NC(=O)OC(C)(C)C. The molecule has 1 atom stereocenters. The molecule has 1 unspecified atom stereocenters. The lowest BCUT2D eigenvalue weighted by atomic mass is 10.00. The lowest BCUT2D eigenvalue weighted by Crippen LogP contribution is -2.27. The number of nitrogens with two attached hydrogens (primary N) is 1. The van der Waals surface area contributed by atoms with Crippen molar-refractivity contribution in [2.75, 3.05) is 11.9 Å². The van der Waals surface area contributed by atoms with Gasteiger partial charge in [0.15, 0.2) is 0 Å². The average Bonchev–Trinajstić information content (AvgIpc) is 2.29. The zero-order valence-corrected chi connectivity index (χ0v) is 13.0. The molecular weight excluding hydrogens is 280 g/mol. The van der Waals surface area contributed by atoms with Crippen LogP contribution >= 0.6 is 11.6 Å². The van der Waals surface area contributed by atoms with Crippen molar-refractivity contribution in [2.24, 2.45) is 5.90 Å². The van der Waals surface area contributed by atoms with Crippen LogP contribution in [0.1, 0.15) is 39.2 Å². The third-order valence-corrected chi connectivity index (χ3v) is 2.76. The number of nitrogens with one attached hydrogen (secondary N) is 1. The molecule has 0 saturated carbocycles. The lowest BCUT2D eigenvalue weighted by Gasteiger charge is -2.21. The molecule has 0 aromatic heterocycles. The lowest BCUT2D eigenvalue weighted by molar-refractivity contribution is 0.0635. The molecule has 0 bridgehead atoms. The number of amides is 1. The molecular formula is C14H21ClN2O3. The minimum absolute atomic E-state index is 0.0105. The summed E-state index contributed by atoms with van der Waals surface area (Å²) >= 11 is 5.99. The van der Waals surface area contributed by atoms with E-state index >= 15 is 0 Å². The summed E-state index contributed by atoms with van der Waals surface area (Å²) in [5.41, 5.74) is 0.921. The van der Waals surface area contributed by atoms with Gasteiger partial charge >= 0.3 is 6.09 Å². The molecule has 0 fully saturated rings. The van der Waals surface area contributed by atoms with E-state index in [0.29, 0.717) is 17.3 Å². The maximum atomic E-state index is 11.8. The van der Waals surface area contributed by atoms with Crippen LogP contribution in [0.5, 0.6) is 0 Å². The van der Waals surface area contributed by atoms with Crippen LogP contribution in [-0.4, -0.2) is 18.3 Å². The first-order valence-electron chi connectivity index (χ1n) is 6.34. The Morgan fingerprint density at radius 1 is 1.45 bits per heavy atom. The Morgan fingerprint density at radius 2 is 2.10 bits per heavy atom. The van der Waals surface area contributed by atoms with E-state index in [1.807, 2.05) is 6.92 Å². The molecule has 112 valence electrons. The summed E-state index contributed by atoms with van der Waals surface area (Å²) in [7, 11) is 0. The number of carbonyl (C=O) groups is 1. The van der Waals surface area contributed by atoms with Crippen molar-refractivity contribution in [1.82, 2.24) is 0 Å². The highest BCUT2D eigenvalue weighted by molar-refractivity contribution is 6.30. The minimum atomic E-state index is -0.553. The van der Waals surface area contributed by atoms with Gasteiger partial charge in [-0.15, -0.1) is 0 Å². The van der Waals surface area contributed by atoms with Gasteiger partial charge in [0, 0.05) is 16.6 Å². The maximum absolute atomic E-state index is 11.8. The van der Waals surface area contributed by atoms with Gasteiger partial charge in [-0.25, -0.2) is 10.7 Å². The summed E-state index contributed by atoms with van der Waals surface area (Å²) in [6.45, 7) is 7.67. The third kappa shape index (κ3) is 5.36. The number of ether oxygens (including phenoxy) is 1. The van der Waals surface area contributed by atoms with E-state index in [9.17, 15) is 4.79 Å². The Labute approximate surface area is 124 Å².